The van der Waals surface area contributed by atoms with E-state index in [1.165, 1.54) is 0 Å². The Morgan fingerprint density at radius 2 is 2.06 bits per heavy atom. The Bertz CT molecular complexity index is 356. The Morgan fingerprint density at radius 1 is 1.28 bits per heavy atom. The fourth-order valence-electron chi connectivity index (χ4n) is 1.77. The van der Waals surface area contributed by atoms with Gasteiger partial charge >= 0.3 is 0 Å². The van der Waals surface area contributed by atoms with E-state index in [-0.39, 0.29) is 0 Å². The zero-order valence-corrected chi connectivity index (χ0v) is 11.6. The van der Waals surface area contributed by atoms with Crippen LogP contribution in [0.2, 0.25) is 0 Å². The number of hydrogen-bond acceptors (Lipinski definition) is 4. The summed E-state index contributed by atoms with van der Waals surface area (Å²) in [5.74, 6) is 0.847. The maximum Gasteiger partial charge on any atom is 0.119 e. The molecular weight excluding hydrogens is 228 g/mol. The zero-order chi connectivity index (χ0) is 13.4. The largest absolute Gasteiger partial charge is 0.497 e. The fourth-order valence-corrected chi connectivity index (χ4v) is 1.77. The van der Waals surface area contributed by atoms with E-state index in [2.05, 4.69) is 11.8 Å². The molecule has 0 radical (unpaired) electrons. The van der Waals surface area contributed by atoms with Crippen molar-refractivity contribution >= 4 is 5.69 Å². The number of benzene rings is 1. The van der Waals surface area contributed by atoms with Crippen molar-refractivity contribution in [3.63, 3.8) is 0 Å². The van der Waals surface area contributed by atoms with Crippen LogP contribution in [-0.2, 0) is 11.3 Å². The van der Waals surface area contributed by atoms with Crippen molar-refractivity contribution in [2.24, 2.45) is 0 Å². The number of methoxy groups -OCH3 is 1. The smallest absolute Gasteiger partial charge is 0.119 e. The monoisotopic (exact) mass is 252 g/mol. The molecule has 1 aromatic rings. The molecule has 0 aliphatic rings. The van der Waals surface area contributed by atoms with Crippen molar-refractivity contribution in [3.8, 4) is 5.75 Å². The van der Waals surface area contributed by atoms with Crippen molar-refractivity contribution in [1.82, 2.24) is 4.90 Å². The Balaban J connectivity index is 2.62. The average Bonchev–Trinajstić information content (AvgIpc) is 2.40. The molecule has 0 amide bonds. The lowest BCUT2D eigenvalue weighted by Crippen LogP contribution is -2.27. The van der Waals surface area contributed by atoms with Gasteiger partial charge in [-0.15, -0.1) is 0 Å². The third-order valence-corrected chi connectivity index (χ3v) is 2.95. The molecule has 0 spiro atoms. The minimum Gasteiger partial charge on any atom is -0.497 e. The quantitative estimate of drug-likeness (QED) is 0.569. The first-order valence-corrected chi connectivity index (χ1v) is 6.43. The molecule has 2 N–H and O–H groups in total. The lowest BCUT2D eigenvalue weighted by Gasteiger charge is -2.21. The summed E-state index contributed by atoms with van der Waals surface area (Å²) in [4.78, 5) is 2.31. The van der Waals surface area contributed by atoms with Crippen molar-refractivity contribution in [1.29, 1.82) is 0 Å². The van der Waals surface area contributed by atoms with Crippen LogP contribution in [0.15, 0.2) is 18.2 Å². The van der Waals surface area contributed by atoms with E-state index in [0.717, 1.165) is 49.8 Å². The molecule has 4 nitrogen and oxygen atoms in total. The second-order valence-electron chi connectivity index (χ2n) is 4.13. The number of likely N-dealkylation sites (N-methyl/N-ethyl adjacent to an activating group) is 1. The zero-order valence-electron chi connectivity index (χ0n) is 11.6. The van der Waals surface area contributed by atoms with Gasteiger partial charge in [-0.05, 0) is 37.2 Å². The number of rotatable bonds is 8. The summed E-state index contributed by atoms with van der Waals surface area (Å²) in [7, 11) is 1.67. The first-order valence-electron chi connectivity index (χ1n) is 6.43. The van der Waals surface area contributed by atoms with Gasteiger partial charge in [-0.1, -0.05) is 6.92 Å². The minimum absolute atomic E-state index is 0.758. The Morgan fingerprint density at radius 3 is 2.67 bits per heavy atom. The highest BCUT2D eigenvalue weighted by molar-refractivity contribution is 5.50. The molecule has 0 aliphatic carbocycles. The summed E-state index contributed by atoms with van der Waals surface area (Å²) in [6.07, 6.45) is 0. The van der Waals surface area contributed by atoms with E-state index in [0.29, 0.717) is 0 Å². The van der Waals surface area contributed by atoms with Crippen LogP contribution in [0.25, 0.3) is 0 Å². The van der Waals surface area contributed by atoms with Crippen LogP contribution in [0.4, 0.5) is 5.69 Å². The lowest BCUT2D eigenvalue weighted by molar-refractivity contribution is 0.113. The normalized spacial score (nSPS) is 10.9. The first-order chi connectivity index (χ1) is 8.71. The highest BCUT2D eigenvalue weighted by Crippen LogP contribution is 2.20. The first kappa shape index (κ1) is 14.8. The molecule has 0 heterocycles. The van der Waals surface area contributed by atoms with Crippen molar-refractivity contribution in [3.05, 3.63) is 23.8 Å². The van der Waals surface area contributed by atoms with Crippen LogP contribution in [-0.4, -0.2) is 38.3 Å². The van der Waals surface area contributed by atoms with Gasteiger partial charge in [0.1, 0.15) is 5.75 Å². The SMILES string of the molecule is CCOCCN(CC)Cc1cc(OC)ccc1N. The van der Waals surface area contributed by atoms with Crippen LogP contribution in [0.1, 0.15) is 19.4 Å². The van der Waals surface area contributed by atoms with Gasteiger partial charge in [0.05, 0.1) is 13.7 Å². The van der Waals surface area contributed by atoms with E-state index in [1.54, 1.807) is 7.11 Å². The Kier molecular flexibility index (Phi) is 6.54. The molecule has 0 unspecified atom stereocenters. The highest BCUT2D eigenvalue weighted by atomic mass is 16.5. The van der Waals surface area contributed by atoms with Gasteiger partial charge in [0.25, 0.3) is 0 Å². The third-order valence-electron chi connectivity index (χ3n) is 2.95. The van der Waals surface area contributed by atoms with Gasteiger partial charge in [0, 0.05) is 25.4 Å². The van der Waals surface area contributed by atoms with Crippen molar-refractivity contribution < 1.29 is 9.47 Å². The minimum atomic E-state index is 0.758. The molecule has 0 atom stereocenters. The molecule has 0 bridgehead atoms. The molecule has 1 aromatic carbocycles. The number of anilines is 1. The van der Waals surface area contributed by atoms with Gasteiger partial charge < -0.3 is 15.2 Å². The predicted octanol–water partition coefficient (Wildman–Crippen LogP) is 2.14. The summed E-state index contributed by atoms with van der Waals surface area (Å²) in [6.45, 7) is 8.39. The molecular formula is C14H24N2O2. The van der Waals surface area contributed by atoms with Gasteiger partial charge in [-0.2, -0.15) is 0 Å². The maximum atomic E-state index is 5.99. The molecule has 1 rings (SSSR count). The third kappa shape index (κ3) is 4.55. The second-order valence-corrected chi connectivity index (χ2v) is 4.13. The summed E-state index contributed by atoms with van der Waals surface area (Å²) >= 11 is 0. The van der Waals surface area contributed by atoms with Crippen LogP contribution in [0.5, 0.6) is 5.75 Å². The number of nitrogens with zero attached hydrogens (tertiary/aromatic N) is 1. The summed E-state index contributed by atoms with van der Waals surface area (Å²) in [5.41, 5.74) is 7.90. The van der Waals surface area contributed by atoms with Crippen LogP contribution in [0, 0.1) is 0 Å². The summed E-state index contributed by atoms with van der Waals surface area (Å²) < 4.78 is 10.6. The van der Waals surface area contributed by atoms with E-state index in [1.807, 2.05) is 25.1 Å². The van der Waals surface area contributed by atoms with Crippen molar-refractivity contribution in [2.45, 2.75) is 20.4 Å². The summed E-state index contributed by atoms with van der Waals surface area (Å²) in [6, 6.07) is 5.78. The van der Waals surface area contributed by atoms with Gasteiger partial charge in [0.2, 0.25) is 0 Å². The van der Waals surface area contributed by atoms with Crippen LogP contribution >= 0.6 is 0 Å². The van der Waals surface area contributed by atoms with Crippen LogP contribution in [0.3, 0.4) is 0 Å². The average molecular weight is 252 g/mol. The molecule has 0 aromatic heterocycles. The van der Waals surface area contributed by atoms with Gasteiger partial charge in [-0.3, -0.25) is 4.90 Å². The van der Waals surface area contributed by atoms with Gasteiger partial charge in [0.15, 0.2) is 0 Å². The highest BCUT2D eigenvalue weighted by Gasteiger charge is 2.07. The topological polar surface area (TPSA) is 47.7 Å². The molecule has 18 heavy (non-hydrogen) atoms. The van der Waals surface area contributed by atoms with E-state index < -0.39 is 0 Å². The Labute approximate surface area is 110 Å². The predicted molar refractivity (Wildman–Crippen MR) is 74.9 cm³/mol. The second kappa shape index (κ2) is 7.95. The lowest BCUT2D eigenvalue weighted by atomic mass is 10.1. The Hall–Kier alpha value is -1.26. The maximum absolute atomic E-state index is 5.99. The van der Waals surface area contributed by atoms with E-state index in [4.69, 9.17) is 15.2 Å². The summed E-state index contributed by atoms with van der Waals surface area (Å²) in [5, 5.41) is 0. The molecule has 0 fully saturated rings. The standard InChI is InChI=1S/C14H24N2O2/c1-4-16(8-9-18-5-2)11-12-10-13(17-3)6-7-14(12)15/h6-7,10H,4-5,8-9,11,15H2,1-3H3. The van der Waals surface area contributed by atoms with E-state index >= 15 is 0 Å². The number of ether oxygens (including phenoxy) is 2. The molecule has 0 saturated carbocycles. The molecule has 4 heteroatoms. The number of nitrogen functional groups attached to an aromatic ring is 1. The van der Waals surface area contributed by atoms with Crippen LogP contribution < -0.4 is 10.5 Å². The number of hydrogen-bond donors (Lipinski definition) is 1. The van der Waals surface area contributed by atoms with Gasteiger partial charge in [-0.25, -0.2) is 0 Å². The van der Waals surface area contributed by atoms with Crippen molar-refractivity contribution in [2.75, 3.05) is 39.1 Å². The molecule has 0 aliphatic heterocycles. The van der Waals surface area contributed by atoms with E-state index in [9.17, 15) is 0 Å². The molecule has 102 valence electrons. The number of nitrogens with two attached hydrogens (primary N) is 1. The molecule has 0 saturated heterocycles. The fraction of sp³-hybridized carbons (Fsp3) is 0.571.